The highest BCUT2D eigenvalue weighted by Gasteiger charge is 2.27. The number of hydrogen-bond acceptors (Lipinski definition) is 2. The molecule has 2 aromatic carbocycles. The van der Waals surface area contributed by atoms with Gasteiger partial charge >= 0.3 is 0 Å². The van der Waals surface area contributed by atoms with Crippen molar-refractivity contribution >= 4 is 11.6 Å². The molecule has 0 bridgehead atoms. The van der Waals surface area contributed by atoms with Gasteiger partial charge in [0.25, 0.3) is 0 Å². The zero-order valence-electron chi connectivity index (χ0n) is 11.4. The van der Waals surface area contributed by atoms with Gasteiger partial charge in [0.1, 0.15) is 5.75 Å². The van der Waals surface area contributed by atoms with Gasteiger partial charge in [-0.15, -0.1) is 0 Å². The fraction of sp³-hybridized carbons (Fsp3) is 0.235. The predicted octanol–water partition coefficient (Wildman–Crippen LogP) is 3.50. The second kappa shape index (κ2) is 5.37. The topological polar surface area (TPSA) is 38.3 Å². The largest absolute Gasteiger partial charge is 0.493 e. The minimum absolute atomic E-state index is 0.0337. The lowest BCUT2D eigenvalue weighted by molar-refractivity contribution is -0.118. The van der Waals surface area contributed by atoms with E-state index < -0.39 is 0 Å². The third-order valence-corrected chi connectivity index (χ3v) is 3.56. The molecular formula is C17H17NO2. The van der Waals surface area contributed by atoms with Crippen LogP contribution in [0.3, 0.4) is 0 Å². The summed E-state index contributed by atoms with van der Waals surface area (Å²) in [5, 5.41) is 3.00. The van der Waals surface area contributed by atoms with Crippen LogP contribution in [0.2, 0.25) is 0 Å². The summed E-state index contributed by atoms with van der Waals surface area (Å²) in [4.78, 5) is 12.5. The van der Waals surface area contributed by atoms with Crippen molar-refractivity contribution in [2.75, 3.05) is 11.9 Å². The molecule has 1 N–H and O–H groups in total. The van der Waals surface area contributed by atoms with Crippen molar-refractivity contribution < 1.29 is 9.53 Å². The summed E-state index contributed by atoms with van der Waals surface area (Å²) < 4.78 is 5.59. The van der Waals surface area contributed by atoms with Gasteiger partial charge < -0.3 is 10.1 Å². The highest BCUT2D eigenvalue weighted by molar-refractivity contribution is 5.96. The van der Waals surface area contributed by atoms with Crippen LogP contribution in [0.15, 0.2) is 48.5 Å². The molecule has 3 rings (SSSR count). The highest BCUT2D eigenvalue weighted by atomic mass is 16.5. The normalized spacial score (nSPS) is 16.9. The fourth-order valence-electron chi connectivity index (χ4n) is 2.57. The van der Waals surface area contributed by atoms with Gasteiger partial charge in [-0.25, -0.2) is 0 Å². The molecule has 1 amide bonds. The smallest absolute Gasteiger partial charge is 0.232 e. The van der Waals surface area contributed by atoms with Crippen LogP contribution in [0.1, 0.15) is 23.5 Å². The average molecular weight is 267 g/mol. The maximum atomic E-state index is 12.5. The number of hydrogen-bond donors (Lipinski definition) is 1. The van der Waals surface area contributed by atoms with Crippen LogP contribution >= 0.6 is 0 Å². The monoisotopic (exact) mass is 267 g/mol. The molecule has 0 saturated heterocycles. The Hall–Kier alpha value is -2.29. The molecule has 1 unspecified atom stereocenters. The second-order valence-electron chi connectivity index (χ2n) is 5.09. The molecule has 1 aliphatic rings. The van der Waals surface area contributed by atoms with E-state index in [2.05, 4.69) is 5.32 Å². The average Bonchev–Trinajstić information content (AvgIpc) is 2.46. The van der Waals surface area contributed by atoms with Crippen LogP contribution < -0.4 is 10.1 Å². The SMILES string of the molecule is Cc1cccc(NC(=O)C2CCOc3ccccc32)c1. The first-order valence-corrected chi connectivity index (χ1v) is 6.83. The fourth-order valence-corrected chi connectivity index (χ4v) is 2.57. The number of carbonyl (C=O) groups excluding carboxylic acids is 1. The zero-order chi connectivity index (χ0) is 13.9. The predicted molar refractivity (Wildman–Crippen MR) is 79.1 cm³/mol. The molecule has 0 saturated carbocycles. The molecule has 1 heterocycles. The Bertz CT molecular complexity index is 636. The van der Waals surface area contributed by atoms with Crippen molar-refractivity contribution in [1.29, 1.82) is 0 Å². The van der Waals surface area contributed by atoms with E-state index in [4.69, 9.17) is 4.74 Å². The summed E-state index contributed by atoms with van der Waals surface area (Å²) in [5.41, 5.74) is 2.96. The standard InChI is InChI=1S/C17H17NO2/c1-12-5-4-6-13(11-12)18-17(19)15-9-10-20-16-8-3-2-7-14(15)16/h2-8,11,15H,9-10H2,1H3,(H,18,19). The van der Waals surface area contributed by atoms with Gasteiger partial charge in [0.15, 0.2) is 0 Å². The second-order valence-corrected chi connectivity index (χ2v) is 5.09. The van der Waals surface area contributed by atoms with Gasteiger partial charge in [-0.05, 0) is 37.1 Å². The molecule has 0 radical (unpaired) electrons. The molecule has 1 atom stereocenters. The highest BCUT2D eigenvalue weighted by Crippen LogP contribution is 2.34. The van der Waals surface area contributed by atoms with Crippen molar-refractivity contribution in [2.24, 2.45) is 0 Å². The number of ether oxygens (including phenoxy) is 1. The van der Waals surface area contributed by atoms with E-state index in [-0.39, 0.29) is 11.8 Å². The molecule has 0 aromatic heterocycles. The Morgan fingerprint density at radius 2 is 2.05 bits per heavy atom. The summed E-state index contributed by atoms with van der Waals surface area (Å²) in [6.07, 6.45) is 0.717. The van der Waals surface area contributed by atoms with Gasteiger partial charge in [-0.2, -0.15) is 0 Å². The quantitative estimate of drug-likeness (QED) is 0.904. The number of fused-ring (bicyclic) bond motifs is 1. The first-order chi connectivity index (χ1) is 9.74. The molecule has 2 aromatic rings. The van der Waals surface area contributed by atoms with Crippen molar-refractivity contribution in [3.05, 3.63) is 59.7 Å². The molecule has 20 heavy (non-hydrogen) atoms. The third kappa shape index (κ3) is 2.52. The molecule has 0 fully saturated rings. The Kier molecular flexibility index (Phi) is 3.42. The van der Waals surface area contributed by atoms with Crippen LogP contribution in [0.5, 0.6) is 5.75 Å². The molecule has 3 heteroatoms. The summed E-state index contributed by atoms with van der Waals surface area (Å²) in [6.45, 7) is 2.60. The summed E-state index contributed by atoms with van der Waals surface area (Å²) >= 11 is 0. The first kappa shape index (κ1) is 12.7. The molecule has 0 spiro atoms. The zero-order valence-corrected chi connectivity index (χ0v) is 11.4. The molecule has 3 nitrogen and oxygen atoms in total. The Morgan fingerprint density at radius 1 is 1.20 bits per heavy atom. The van der Waals surface area contributed by atoms with Gasteiger partial charge in [0.2, 0.25) is 5.91 Å². The van der Waals surface area contributed by atoms with Crippen LogP contribution in [0.4, 0.5) is 5.69 Å². The number of rotatable bonds is 2. The molecule has 1 aliphatic heterocycles. The minimum atomic E-state index is -0.138. The van der Waals surface area contributed by atoms with Crippen LogP contribution in [-0.4, -0.2) is 12.5 Å². The van der Waals surface area contributed by atoms with E-state index >= 15 is 0 Å². The van der Waals surface area contributed by atoms with Gasteiger partial charge in [0.05, 0.1) is 12.5 Å². The maximum absolute atomic E-state index is 12.5. The number of nitrogens with one attached hydrogen (secondary N) is 1. The van der Waals surface area contributed by atoms with Crippen LogP contribution in [0.25, 0.3) is 0 Å². The number of carbonyl (C=O) groups is 1. The van der Waals surface area contributed by atoms with Gasteiger partial charge in [0, 0.05) is 11.3 Å². The Labute approximate surface area is 118 Å². The third-order valence-electron chi connectivity index (χ3n) is 3.56. The van der Waals surface area contributed by atoms with Gasteiger partial charge in [-0.3, -0.25) is 4.79 Å². The van der Waals surface area contributed by atoms with Crippen molar-refractivity contribution in [2.45, 2.75) is 19.3 Å². The first-order valence-electron chi connectivity index (χ1n) is 6.83. The van der Waals surface area contributed by atoms with E-state index in [9.17, 15) is 4.79 Å². The Morgan fingerprint density at radius 3 is 2.90 bits per heavy atom. The molecule has 0 aliphatic carbocycles. The summed E-state index contributed by atoms with van der Waals surface area (Å²) in [5.74, 6) is 0.718. The van der Waals surface area contributed by atoms with E-state index in [0.29, 0.717) is 13.0 Å². The number of benzene rings is 2. The molecular weight excluding hydrogens is 250 g/mol. The summed E-state index contributed by atoms with van der Waals surface area (Å²) in [7, 11) is 0. The number of anilines is 1. The number of para-hydroxylation sites is 1. The van der Waals surface area contributed by atoms with Crippen molar-refractivity contribution in [1.82, 2.24) is 0 Å². The van der Waals surface area contributed by atoms with E-state index in [0.717, 1.165) is 22.6 Å². The lowest BCUT2D eigenvalue weighted by Gasteiger charge is -2.25. The molecule has 102 valence electrons. The van der Waals surface area contributed by atoms with E-state index in [1.165, 1.54) is 0 Å². The van der Waals surface area contributed by atoms with E-state index in [1.54, 1.807) is 0 Å². The number of amides is 1. The van der Waals surface area contributed by atoms with Gasteiger partial charge in [-0.1, -0.05) is 30.3 Å². The Balaban J connectivity index is 1.82. The number of aryl methyl sites for hydroxylation is 1. The van der Waals surface area contributed by atoms with Crippen LogP contribution in [0, 0.1) is 6.92 Å². The van der Waals surface area contributed by atoms with E-state index in [1.807, 2.05) is 55.5 Å². The minimum Gasteiger partial charge on any atom is -0.493 e. The summed E-state index contributed by atoms with van der Waals surface area (Å²) in [6, 6.07) is 15.6. The van der Waals surface area contributed by atoms with Crippen LogP contribution in [-0.2, 0) is 4.79 Å². The lowest BCUT2D eigenvalue weighted by Crippen LogP contribution is -2.26. The maximum Gasteiger partial charge on any atom is 0.232 e. The van der Waals surface area contributed by atoms with Crippen molar-refractivity contribution in [3.8, 4) is 5.75 Å². The lowest BCUT2D eigenvalue weighted by atomic mass is 9.92. The van der Waals surface area contributed by atoms with Crippen molar-refractivity contribution in [3.63, 3.8) is 0 Å².